The monoisotopic (exact) mass is 270 g/mol. The molecule has 3 nitrogen and oxygen atoms in total. The highest BCUT2D eigenvalue weighted by atomic mass is 32.1. The van der Waals surface area contributed by atoms with Crippen LogP contribution in [0.5, 0.6) is 0 Å². The van der Waals surface area contributed by atoms with E-state index in [2.05, 4.69) is 12.1 Å². The van der Waals surface area contributed by atoms with Crippen molar-refractivity contribution in [2.24, 2.45) is 11.7 Å². The first-order valence-corrected chi connectivity index (χ1v) is 6.83. The highest BCUT2D eigenvalue weighted by Crippen LogP contribution is 2.28. The molecule has 1 aliphatic rings. The van der Waals surface area contributed by atoms with E-state index < -0.39 is 5.91 Å². The quantitative estimate of drug-likeness (QED) is 0.857. The van der Waals surface area contributed by atoms with Gasteiger partial charge in [0.25, 0.3) is 0 Å². The molecule has 0 fully saturated rings. The average molecular weight is 270 g/mol. The van der Waals surface area contributed by atoms with Crippen LogP contribution in [0.25, 0.3) is 11.6 Å². The molecule has 19 heavy (non-hydrogen) atoms. The van der Waals surface area contributed by atoms with Gasteiger partial charge in [0.2, 0.25) is 5.91 Å². The Kier molecular flexibility index (Phi) is 3.98. The highest BCUT2D eigenvalue weighted by Gasteiger charge is 2.10. The fourth-order valence-corrected chi connectivity index (χ4v) is 2.70. The molecule has 1 aliphatic carbocycles. The van der Waals surface area contributed by atoms with Gasteiger partial charge in [0.05, 0.1) is 12.0 Å². The van der Waals surface area contributed by atoms with Gasteiger partial charge in [-0.05, 0) is 42.0 Å². The minimum atomic E-state index is -0.399. The summed E-state index contributed by atoms with van der Waals surface area (Å²) in [6.45, 7) is 1.71. The first kappa shape index (κ1) is 13.3. The number of nitriles is 1. The summed E-state index contributed by atoms with van der Waals surface area (Å²) in [5, 5.41) is 10.9. The van der Waals surface area contributed by atoms with Gasteiger partial charge in [-0.1, -0.05) is 18.2 Å². The van der Waals surface area contributed by atoms with E-state index in [0.717, 1.165) is 22.4 Å². The molecule has 0 aromatic carbocycles. The van der Waals surface area contributed by atoms with Gasteiger partial charge in [0.15, 0.2) is 0 Å². The average Bonchev–Trinajstić information content (AvgIpc) is 2.87. The molecule has 1 aromatic heterocycles. The van der Waals surface area contributed by atoms with Gasteiger partial charge < -0.3 is 5.73 Å². The molecule has 0 spiro atoms. The van der Waals surface area contributed by atoms with Gasteiger partial charge in [-0.15, -0.1) is 11.3 Å². The Balaban J connectivity index is 2.18. The summed E-state index contributed by atoms with van der Waals surface area (Å²) in [5.41, 5.74) is 7.99. The van der Waals surface area contributed by atoms with E-state index in [-0.39, 0.29) is 5.92 Å². The second-order valence-electron chi connectivity index (χ2n) is 4.42. The van der Waals surface area contributed by atoms with Crippen LogP contribution in [-0.2, 0) is 4.79 Å². The first-order valence-electron chi connectivity index (χ1n) is 5.95. The van der Waals surface area contributed by atoms with Crippen molar-refractivity contribution in [1.29, 1.82) is 5.26 Å². The lowest BCUT2D eigenvalue weighted by Gasteiger charge is -2.08. The Hall–Kier alpha value is -2.12. The Labute approximate surface area is 116 Å². The van der Waals surface area contributed by atoms with Crippen LogP contribution in [-0.4, -0.2) is 5.91 Å². The normalized spacial score (nSPS) is 18.8. The number of allylic oxidation sites excluding steroid dienone is 4. The highest BCUT2D eigenvalue weighted by molar-refractivity contribution is 7.11. The van der Waals surface area contributed by atoms with Crippen LogP contribution in [0.1, 0.15) is 23.8 Å². The maximum Gasteiger partial charge on any atom is 0.244 e. The summed E-state index contributed by atoms with van der Waals surface area (Å²) in [6.07, 6.45) is 8.53. The molecule has 0 saturated heterocycles. The van der Waals surface area contributed by atoms with Crippen LogP contribution < -0.4 is 5.73 Å². The molecule has 0 aliphatic heterocycles. The van der Waals surface area contributed by atoms with Crippen molar-refractivity contribution in [2.45, 2.75) is 13.3 Å². The Morgan fingerprint density at radius 3 is 3.00 bits per heavy atom. The molecule has 4 heteroatoms. The van der Waals surface area contributed by atoms with Crippen molar-refractivity contribution in [1.82, 2.24) is 0 Å². The smallest absolute Gasteiger partial charge is 0.244 e. The van der Waals surface area contributed by atoms with E-state index in [4.69, 9.17) is 11.0 Å². The van der Waals surface area contributed by atoms with Gasteiger partial charge in [-0.2, -0.15) is 5.26 Å². The zero-order valence-electron chi connectivity index (χ0n) is 10.6. The van der Waals surface area contributed by atoms with E-state index in [1.807, 2.05) is 23.6 Å². The van der Waals surface area contributed by atoms with Gasteiger partial charge in [-0.25, -0.2) is 0 Å². The van der Waals surface area contributed by atoms with Crippen molar-refractivity contribution in [3.05, 3.63) is 45.7 Å². The number of amides is 1. The fraction of sp³-hybridized carbons (Fsp3) is 0.200. The molecule has 1 atom stereocenters. The molecule has 2 N–H and O–H groups in total. The molecule has 2 rings (SSSR count). The number of hydrogen-bond donors (Lipinski definition) is 1. The lowest BCUT2D eigenvalue weighted by molar-refractivity contribution is -0.114. The van der Waals surface area contributed by atoms with Crippen molar-refractivity contribution in [2.75, 3.05) is 0 Å². The SMILES string of the molecule is C/C(=C\c1cc(C2=CCC(C#N)C=C2)cs1)C(N)=O. The number of nitrogens with two attached hydrogens (primary N) is 1. The van der Waals surface area contributed by atoms with Gasteiger partial charge in [-0.3, -0.25) is 4.79 Å². The second kappa shape index (κ2) is 5.68. The summed E-state index contributed by atoms with van der Waals surface area (Å²) in [6, 6.07) is 4.26. The van der Waals surface area contributed by atoms with Crippen molar-refractivity contribution in [3.63, 3.8) is 0 Å². The third kappa shape index (κ3) is 3.21. The topological polar surface area (TPSA) is 66.9 Å². The number of thiophene rings is 1. The van der Waals surface area contributed by atoms with Crippen molar-refractivity contribution < 1.29 is 4.79 Å². The van der Waals surface area contributed by atoms with E-state index in [1.165, 1.54) is 0 Å². The Morgan fingerprint density at radius 2 is 2.42 bits per heavy atom. The molecule has 1 unspecified atom stereocenters. The largest absolute Gasteiger partial charge is 0.366 e. The lowest BCUT2D eigenvalue weighted by Crippen LogP contribution is -2.11. The number of carbonyl (C=O) groups excluding carboxylic acids is 1. The number of hydrogen-bond acceptors (Lipinski definition) is 3. The van der Waals surface area contributed by atoms with E-state index in [0.29, 0.717) is 5.57 Å². The zero-order valence-corrected chi connectivity index (χ0v) is 11.4. The molecule has 1 heterocycles. The zero-order chi connectivity index (χ0) is 13.8. The van der Waals surface area contributed by atoms with E-state index >= 15 is 0 Å². The Morgan fingerprint density at radius 1 is 1.63 bits per heavy atom. The van der Waals surface area contributed by atoms with Crippen LogP contribution in [0.2, 0.25) is 0 Å². The van der Waals surface area contributed by atoms with Gasteiger partial charge >= 0.3 is 0 Å². The molecular formula is C15H14N2OS. The van der Waals surface area contributed by atoms with Crippen LogP contribution in [0.15, 0.2) is 35.2 Å². The summed E-state index contributed by atoms with van der Waals surface area (Å²) < 4.78 is 0. The minimum absolute atomic E-state index is 0.0149. The van der Waals surface area contributed by atoms with Crippen molar-refractivity contribution in [3.8, 4) is 6.07 Å². The molecule has 1 amide bonds. The van der Waals surface area contributed by atoms with E-state index in [9.17, 15) is 4.79 Å². The van der Waals surface area contributed by atoms with E-state index in [1.54, 1.807) is 24.3 Å². The van der Waals surface area contributed by atoms with Crippen LogP contribution >= 0.6 is 11.3 Å². The predicted molar refractivity (Wildman–Crippen MR) is 78.0 cm³/mol. The number of rotatable bonds is 3. The van der Waals surface area contributed by atoms with Crippen LogP contribution in [0.3, 0.4) is 0 Å². The molecule has 1 aromatic rings. The molecular weight excluding hydrogens is 256 g/mol. The maximum atomic E-state index is 11.0. The Bertz CT molecular complexity index is 629. The van der Waals surface area contributed by atoms with Crippen LogP contribution in [0.4, 0.5) is 0 Å². The molecule has 0 saturated carbocycles. The third-order valence-electron chi connectivity index (χ3n) is 2.97. The minimum Gasteiger partial charge on any atom is -0.366 e. The third-order valence-corrected chi connectivity index (χ3v) is 3.85. The summed E-state index contributed by atoms with van der Waals surface area (Å²) in [4.78, 5) is 12.0. The molecule has 96 valence electrons. The predicted octanol–water partition coefficient (Wildman–Crippen LogP) is 3.12. The van der Waals surface area contributed by atoms with Gasteiger partial charge in [0.1, 0.15) is 0 Å². The standard InChI is InChI=1S/C15H14N2OS/c1-10(15(17)18)6-14-7-13(9-19-14)12-4-2-11(8-16)3-5-12/h2,4-7,9,11H,3H2,1H3,(H2,17,18)/b10-6+. The molecule has 0 bridgehead atoms. The van der Waals surface area contributed by atoms with Crippen LogP contribution in [0, 0.1) is 17.2 Å². The lowest BCUT2D eigenvalue weighted by atomic mass is 9.95. The number of nitrogens with zero attached hydrogens (tertiary/aromatic N) is 1. The van der Waals surface area contributed by atoms with Crippen molar-refractivity contribution >= 4 is 28.9 Å². The first-order chi connectivity index (χ1) is 9.10. The second-order valence-corrected chi connectivity index (χ2v) is 5.36. The van der Waals surface area contributed by atoms with Gasteiger partial charge in [0, 0.05) is 10.5 Å². The summed E-state index contributed by atoms with van der Waals surface area (Å²) in [5.74, 6) is -0.414. The number of carbonyl (C=O) groups is 1. The maximum absolute atomic E-state index is 11.0. The summed E-state index contributed by atoms with van der Waals surface area (Å²) >= 11 is 1.57. The summed E-state index contributed by atoms with van der Waals surface area (Å²) in [7, 11) is 0. The molecule has 0 radical (unpaired) electrons. The fourth-order valence-electron chi connectivity index (χ4n) is 1.79. The number of primary amides is 1.